The Morgan fingerprint density at radius 2 is 2.07 bits per heavy atom. The van der Waals surface area contributed by atoms with Crippen molar-refractivity contribution in [3.63, 3.8) is 0 Å². The lowest BCUT2D eigenvalue weighted by Crippen LogP contribution is -2.23. The van der Waals surface area contributed by atoms with Gasteiger partial charge in [-0.05, 0) is 18.1 Å². The lowest BCUT2D eigenvalue weighted by molar-refractivity contribution is 0.194. The van der Waals surface area contributed by atoms with Crippen LogP contribution in [0.5, 0.6) is 11.5 Å². The average molecular weight is 197 g/mol. The molecule has 0 saturated heterocycles. The van der Waals surface area contributed by atoms with E-state index < -0.39 is 6.09 Å². The van der Waals surface area contributed by atoms with E-state index in [0.717, 1.165) is 0 Å². The molecule has 76 valence electrons. The molecule has 1 amide bonds. The third-order valence-corrected chi connectivity index (χ3v) is 1.74. The van der Waals surface area contributed by atoms with Crippen molar-refractivity contribution in [3.05, 3.63) is 23.8 Å². The van der Waals surface area contributed by atoms with E-state index in [4.69, 9.17) is 10.2 Å². The smallest absolute Gasteiger partial charge is 0.404 e. The monoisotopic (exact) mass is 197 g/mol. The summed E-state index contributed by atoms with van der Waals surface area (Å²) in [4.78, 5) is 10.1. The van der Waals surface area contributed by atoms with Gasteiger partial charge in [0.25, 0.3) is 0 Å². The van der Waals surface area contributed by atoms with Gasteiger partial charge >= 0.3 is 6.09 Å². The molecule has 0 aliphatic heterocycles. The van der Waals surface area contributed by atoms with Crippen LogP contribution in [0.4, 0.5) is 4.79 Å². The SMILES string of the molecule is O=C(O)NCCc1ccc(O)cc1O. The predicted molar refractivity (Wildman–Crippen MR) is 49.5 cm³/mol. The molecule has 0 bridgehead atoms. The van der Waals surface area contributed by atoms with Crippen LogP contribution in [0.1, 0.15) is 5.56 Å². The molecular formula is C9H11NO4. The number of aromatic hydroxyl groups is 2. The summed E-state index contributed by atoms with van der Waals surface area (Å²) in [7, 11) is 0. The number of phenolic OH excluding ortho intramolecular Hbond substituents is 2. The molecule has 5 heteroatoms. The van der Waals surface area contributed by atoms with E-state index in [1.807, 2.05) is 0 Å². The third kappa shape index (κ3) is 2.85. The van der Waals surface area contributed by atoms with Gasteiger partial charge in [0.1, 0.15) is 11.5 Å². The zero-order valence-corrected chi connectivity index (χ0v) is 7.40. The van der Waals surface area contributed by atoms with Crippen LogP contribution in [-0.4, -0.2) is 28.0 Å². The Kier molecular flexibility index (Phi) is 3.17. The number of benzene rings is 1. The normalized spacial score (nSPS) is 9.71. The van der Waals surface area contributed by atoms with Gasteiger partial charge in [0.15, 0.2) is 0 Å². The van der Waals surface area contributed by atoms with Crippen molar-refractivity contribution in [1.82, 2.24) is 5.32 Å². The summed E-state index contributed by atoms with van der Waals surface area (Å²) in [5, 5.41) is 28.8. The first kappa shape index (κ1) is 10.2. The summed E-state index contributed by atoms with van der Waals surface area (Å²) in [5.74, 6) is -0.0466. The Labute approximate surface area is 80.6 Å². The molecular weight excluding hydrogens is 186 g/mol. The molecule has 0 aliphatic rings. The number of carboxylic acid groups (broad SMARTS) is 1. The first-order valence-electron chi connectivity index (χ1n) is 4.07. The van der Waals surface area contributed by atoms with Crippen molar-refractivity contribution in [2.75, 3.05) is 6.54 Å². The van der Waals surface area contributed by atoms with Crippen molar-refractivity contribution >= 4 is 6.09 Å². The molecule has 0 spiro atoms. The third-order valence-electron chi connectivity index (χ3n) is 1.74. The second kappa shape index (κ2) is 4.36. The van der Waals surface area contributed by atoms with Crippen LogP contribution in [0.3, 0.4) is 0 Å². The van der Waals surface area contributed by atoms with Crippen molar-refractivity contribution in [2.24, 2.45) is 0 Å². The number of rotatable bonds is 3. The maximum Gasteiger partial charge on any atom is 0.404 e. The Hall–Kier alpha value is -1.91. The van der Waals surface area contributed by atoms with Crippen LogP contribution in [0.2, 0.25) is 0 Å². The van der Waals surface area contributed by atoms with Gasteiger partial charge in [-0.2, -0.15) is 0 Å². The van der Waals surface area contributed by atoms with Crippen molar-refractivity contribution in [1.29, 1.82) is 0 Å². The van der Waals surface area contributed by atoms with Crippen LogP contribution in [-0.2, 0) is 6.42 Å². The Balaban J connectivity index is 2.55. The van der Waals surface area contributed by atoms with Crippen LogP contribution in [0.15, 0.2) is 18.2 Å². The molecule has 0 fully saturated rings. The van der Waals surface area contributed by atoms with Crippen molar-refractivity contribution in [3.8, 4) is 11.5 Å². The summed E-state index contributed by atoms with van der Waals surface area (Å²) in [5.41, 5.74) is 0.594. The highest BCUT2D eigenvalue weighted by molar-refractivity contribution is 5.64. The Bertz CT molecular complexity index is 338. The minimum atomic E-state index is -1.09. The molecule has 0 unspecified atom stereocenters. The second-order valence-corrected chi connectivity index (χ2v) is 2.79. The fourth-order valence-corrected chi connectivity index (χ4v) is 1.07. The lowest BCUT2D eigenvalue weighted by atomic mass is 10.1. The average Bonchev–Trinajstić information content (AvgIpc) is 2.08. The fraction of sp³-hybridized carbons (Fsp3) is 0.222. The lowest BCUT2D eigenvalue weighted by Gasteiger charge is -2.04. The molecule has 4 N–H and O–H groups in total. The summed E-state index contributed by atoms with van der Waals surface area (Å²) >= 11 is 0. The zero-order chi connectivity index (χ0) is 10.6. The zero-order valence-electron chi connectivity index (χ0n) is 7.40. The summed E-state index contributed by atoms with van der Waals surface area (Å²) < 4.78 is 0. The molecule has 0 radical (unpaired) electrons. The second-order valence-electron chi connectivity index (χ2n) is 2.79. The highest BCUT2D eigenvalue weighted by atomic mass is 16.4. The minimum absolute atomic E-state index is 0.0163. The number of hydrogen-bond acceptors (Lipinski definition) is 3. The molecule has 0 saturated carbocycles. The van der Waals surface area contributed by atoms with Crippen LogP contribution >= 0.6 is 0 Å². The first-order chi connectivity index (χ1) is 6.59. The molecule has 14 heavy (non-hydrogen) atoms. The van der Waals surface area contributed by atoms with E-state index in [9.17, 15) is 9.90 Å². The van der Waals surface area contributed by atoms with Crippen LogP contribution in [0, 0.1) is 0 Å². The van der Waals surface area contributed by atoms with E-state index in [0.29, 0.717) is 12.0 Å². The van der Waals surface area contributed by atoms with Crippen molar-refractivity contribution < 1.29 is 20.1 Å². The van der Waals surface area contributed by atoms with Gasteiger partial charge in [0.2, 0.25) is 0 Å². The molecule has 0 aliphatic carbocycles. The van der Waals surface area contributed by atoms with Crippen LogP contribution in [0.25, 0.3) is 0 Å². The minimum Gasteiger partial charge on any atom is -0.508 e. The number of hydrogen-bond donors (Lipinski definition) is 4. The molecule has 5 nitrogen and oxygen atoms in total. The molecule has 1 aromatic rings. The first-order valence-corrected chi connectivity index (χ1v) is 4.07. The van der Waals surface area contributed by atoms with Gasteiger partial charge in [-0.25, -0.2) is 4.79 Å². The van der Waals surface area contributed by atoms with E-state index in [1.54, 1.807) is 6.07 Å². The number of nitrogens with one attached hydrogen (secondary N) is 1. The van der Waals surface area contributed by atoms with E-state index in [-0.39, 0.29) is 18.0 Å². The maximum atomic E-state index is 10.1. The maximum absolute atomic E-state index is 10.1. The van der Waals surface area contributed by atoms with Gasteiger partial charge in [-0.15, -0.1) is 0 Å². The van der Waals surface area contributed by atoms with Crippen LogP contribution < -0.4 is 5.32 Å². The molecule has 0 atom stereocenters. The highest BCUT2D eigenvalue weighted by Crippen LogP contribution is 2.22. The van der Waals surface area contributed by atoms with Crippen molar-refractivity contribution in [2.45, 2.75) is 6.42 Å². The van der Waals surface area contributed by atoms with Gasteiger partial charge in [0.05, 0.1) is 0 Å². The van der Waals surface area contributed by atoms with E-state index in [2.05, 4.69) is 5.32 Å². The molecule has 0 aromatic heterocycles. The standard InChI is InChI=1S/C9H11NO4/c11-7-2-1-6(8(12)5-7)3-4-10-9(13)14/h1-2,5,10-12H,3-4H2,(H,13,14). The number of carbonyl (C=O) groups is 1. The number of amides is 1. The Morgan fingerprint density at radius 3 is 2.64 bits per heavy atom. The fourth-order valence-electron chi connectivity index (χ4n) is 1.07. The van der Waals surface area contributed by atoms with Gasteiger partial charge in [-0.1, -0.05) is 6.07 Å². The summed E-state index contributed by atoms with van der Waals surface area (Å²) in [6.45, 7) is 0.230. The molecule has 1 rings (SSSR count). The van der Waals surface area contributed by atoms with Gasteiger partial charge in [0, 0.05) is 12.6 Å². The largest absolute Gasteiger partial charge is 0.508 e. The number of phenols is 2. The quantitative estimate of drug-likeness (QED) is 0.579. The topological polar surface area (TPSA) is 89.8 Å². The summed E-state index contributed by atoms with van der Waals surface area (Å²) in [6, 6.07) is 4.21. The van der Waals surface area contributed by atoms with Gasteiger partial charge in [-0.3, -0.25) is 0 Å². The predicted octanol–water partition coefficient (Wildman–Crippen LogP) is 0.908. The summed E-state index contributed by atoms with van der Waals surface area (Å²) in [6.07, 6.45) is -0.707. The van der Waals surface area contributed by atoms with Gasteiger partial charge < -0.3 is 20.6 Å². The Morgan fingerprint density at radius 1 is 1.36 bits per heavy atom. The van der Waals surface area contributed by atoms with E-state index >= 15 is 0 Å². The molecule has 0 heterocycles. The van der Waals surface area contributed by atoms with E-state index in [1.165, 1.54) is 12.1 Å². The molecule has 1 aromatic carbocycles. The highest BCUT2D eigenvalue weighted by Gasteiger charge is 2.02.